The normalized spacial score (nSPS) is 11.0. The molecule has 0 atom stereocenters. The van der Waals surface area contributed by atoms with Crippen molar-refractivity contribution < 1.29 is 9.84 Å². The predicted molar refractivity (Wildman–Crippen MR) is 92.0 cm³/mol. The summed E-state index contributed by atoms with van der Waals surface area (Å²) < 4.78 is 5.07. The molecule has 0 aliphatic carbocycles. The number of methoxy groups -OCH3 is 1. The zero-order chi connectivity index (χ0) is 19.4. The third-order valence-corrected chi connectivity index (χ3v) is 3.43. The van der Waals surface area contributed by atoms with Crippen LogP contribution in [0.1, 0.15) is 11.3 Å². The predicted octanol–water partition coefficient (Wildman–Crippen LogP) is 0.262. The van der Waals surface area contributed by atoms with E-state index in [1.807, 2.05) is 9.97 Å². The summed E-state index contributed by atoms with van der Waals surface area (Å²) in [5, 5.41) is 24.0. The molecule has 0 unspecified atom stereocenters. The second-order valence-corrected chi connectivity index (χ2v) is 5.25. The molecule has 0 amide bonds. The molecule has 0 spiro atoms. The first-order chi connectivity index (χ1) is 13.0. The summed E-state index contributed by atoms with van der Waals surface area (Å²) in [6, 6.07) is 7.10. The van der Waals surface area contributed by atoms with Gasteiger partial charge in [0.15, 0.2) is 0 Å². The fraction of sp³-hybridized carbons (Fsp3) is 0.133. The van der Waals surface area contributed by atoms with Crippen LogP contribution in [-0.2, 0) is 6.42 Å². The van der Waals surface area contributed by atoms with Gasteiger partial charge in [0.2, 0.25) is 11.6 Å². The topological polar surface area (TPSA) is 179 Å². The Bertz CT molecular complexity index is 1160. The minimum atomic E-state index is -0.952. The van der Waals surface area contributed by atoms with E-state index in [4.69, 9.17) is 4.74 Å². The molecule has 1 aromatic carbocycles. The highest BCUT2D eigenvalue weighted by Crippen LogP contribution is 2.17. The number of hydrogen-bond donors (Lipinski definition) is 4. The van der Waals surface area contributed by atoms with Gasteiger partial charge in [-0.3, -0.25) is 24.5 Å². The van der Waals surface area contributed by atoms with Crippen molar-refractivity contribution in [2.45, 2.75) is 6.42 Å². The fourth-order valence-corrected chi connectivity index (χ4v) is 2.11. The van der Waals surface area contributed by atoms with Crippen molar-refractivity contribution in [3.63, 3.8) is 0 Å². The lowest BCUT2D eigenvalue weighted by Gasteiger charge is -2.02. The summed E-state index contributed by atoms with van der Waals surface area (Å²) in [4.78, 5) is 40.8. The number of aromatic nitrogens is 5. The molecule has 138 valence electrons. The number of azo groups is 1. The van der Waals surface area contributed by atoms with Gasteiger partial charge >= 0.3 is 5.69 Å². The van der Waals surface area contributed by atoms with Crippen LogP contribution >= 0.6 is 0 Å². The average molecular weight is 371 g/mol. The molecule has 0 aliphatic heterocycles. The molecule has 3 rings (SSSR count). The number of rotatable bonds is 5. The number of aromatic hydroxyl groups is 1. The Hall–Kier alpha value is -4.09. The minimum absolute atomic E-state index is 0.156. The number of aromatic amines is 3. The Morgan fingerprint density at radius 3 is 2.37 bits per heavy atom. The van der Waals surface area contributed by atoms with E-state index in [-0.39, 0.29) is 18.1 Å². The van der Waals surface area contributed by atoms with Crippen LogP contribution in [-0.4, -0.2) is 37.4 Å². The van der Waals surface area contributed by atoms with Gasteiger partial charge in [-0.25, -0.2) is 4.79 Å². The number of ether oxygens (including phenoxy) is 1. The Kier molecular flexibility index (Phi) is 4.88. The third-order valence-electron chi connectivity index (χ3n) is 3.43. The van der Waals surface area contributed by atoms with Gasteiger partial charge in [-0.15, -0.1) is 20.4 Å². The Morgan fingerprint density at radius 2 is 1.74 bits per heavy atom. The maximum atomic E-state index is 12.1. The second-order valence-electron chi connectivity index (χ2n) is 5.25. The molecule has 0 fully saturated rings. The zero-order valence-electron chi connectivity index (χ0n) is 13.9. The second kappa shape index (κ2) is 7.43. The van der Waals surface area contributed by atoms with Gasteiger partial charge in [0.05, 0.1) is 7.11 Å². The lowest BCUT2D eigenvalue weighted by atomic mass is 10.1. The van der Waals surface area contributed by atoms with Crippen LogP contribution in [0.2, 0.25) is 0 Å². The summed E-state index contributed by atoms with van der Waals surface area (Å²) in [5.74, 6) is -0.350. The van der Waals surface area contributed by atoms with E-state index in [2.05, 4.69) is 25.4 Å². The standard InChI is InChI=1S/C15H13N7O5/c1-27-8-4-2-7(3-5-8)6-9-11(23)16-14(21-19-9)22-20-10-12(24)17-15(26)18-13(10)25/h2-5H,6H2,1H3,(H,16,21,23)(H3,17,18,24,25,26). The Morgan fingerprint density at radius 1 is 1.00 bits per heavy atom. The third kappa shape index (κ3) is 4.12. The van der Waals surface area contributed by atoms with E-state index in [1.165, 1.54) is 0 Å². The van der Waals surface area contributed by atoms with Crippen LogP contribution in [0.15, 0.2) is 48.9 Å². The first kappa shape index (κ1) is 17.7. The molecule has 0 saturated heterocycles. The van der Waals surface area contributed by atoms with E-state index in [0.717, 1.165) is 5.56 Å². The van der Waals surface area contributed by atoms with Crippen molar-refractivity contribution in [2.24, 2.45) is 10.2 Å². The van der Waals surface area contributed by atoms with Crippen molar-refractivity contribution in [2.75, 3.05) is 7.11 Å². The van der Waals surface area contributed by atoms with Gasteiger partial charge in [-0.2, -0.15) is 0 Å². The van der Waals surface area contributed by atoms with Crippen LogP contribution in [0, 0.1) is 0 Å². The maximum absolute atomic E-state index is 12.1. The molecule has 2 aromatic heterocycles. The van der Waals surface area contributed by atoms with E-state index in [0.29, 0.717) is 5.75 Å². The molecule has 0 saturated carbocycles. The average Bonchev–Trinajstić information content (AvgIpc) is 2.63. The quantitative estimate of drug-likeness (QED) is 0.464. The number of benzene rings is 1. The van der Waals surface area contributed by atoms with Crippen molar-refractivity contribution in [3.8, 4) is 11.6 Å². The molecule has 0 aliphatic rings. The number of nitrogens with one attached hydrogen (secondary N) is 3. The zero-order valence-corrected chi connectivity index (χ0v) is 13.9. The van der Waals surface area contributed by atoms with Gasteiger partial charge in [0.1, 0.15) is 11.4 Å². The van der Waals surface area contributed by atoms with Crippen LogP contribution in [0.25, 0.3) is 0 Å². The summed E-state index contributed by atoms with van der Waals surface area (Å²) in [5.41, 5.74) is -1.94. The Balaban J connectivity index is 1.81. The highest BCUT2D eigenvalue weighted by atomic mass is 16.5. The summed E-state index contributed by atoms with van der Waals surface area (Å²) >= 11 is 0. The fourth-order valence-electron chi connectivity index (χ4n) is 2.11. The maximum Gasteiger partial charge on any atom is 0.328 e. The van der Waals surface area contributed by atoms with Gasteiger partial charge in [-0.1, -0.05) is 12.1 Å². The highest BCUT2D eigenvalue weighted by molar-refractivity contribution is 5.42. The van der Waals surface area contributed by atoms with E-state index in [1.54, 1.807) is 31.4 Å². The largest absolute Gasteiger partial charge is 0.497 e. The van der Waals surface area contributed by atoms with Crippen LogP contribution in [0.4, 0.5) is 11.6 Å². The molecule has 4 N–H and O–H groups in total. The summed E-state index contributed by atoms with van der Waals surface area (Å²) in [6.45, 7) is 0. The van der Waals surface area contributed by atoms with Crippen LogP contribution in [0.5, 0.6) is 11.6 Å². The summed E-state index contributed by atoms with van der Waals surface area (Å²) in [6.07, 6.45) is 0.240. The number of nitrogens with zero attached hydrogens (tertiary/aromatic N) is 4. The van der Waals surface area contributed by atoms with E-state index < -0.39 is 28.4 Å². The Labute approximate surface area is 149 Å². The van der Waals surface area contributed by atoms with Gasteiger partial charge in [0, 0.05) is 6.42 Å². The lowest BCUT2D eigenvalue weighted by Crippen LogP contribution is -2.21. The number of hydrogen-bond acceptors (Lipinski definition) is 9. The van der Waals surface area contributed by atoms with Crippen molar-refractivity contribution >= 4 is 11.6 Å². The minimum Gasteiger partial charge on any atom is -0.497 e. The highest BCUT2D eigenvalue weighted by Gasteiger charge is 2.09. The molecular formula is C15H13N7O5. The van der Waals surface area contributed by atoms with E-state index >= 15 is 0 Å². The number of H-pyrrole nitrogens is 3. The van der Waals surface area contributed by atoms with Crippen LogP contribution in [0.3, 0.4) is 0 Å². The molecule has 0 bridgehead atoms. The smallest absolute Gasteiger partial charge is 0.328 e. The molecule has 27 heavy (non-hydrogen) atoms. The SMILES string of the molecule is COc1ccc(Cc2nnc(N=Nc3c(O)[nH]c(=O)[nH]c3=O)[nH]c2=O)cc1. The molecule has 2 heterocycles. The van der Waals surface area contributed by atoms with Crippen LogP contribution < -0.4 is 21.5 Å². The van der Waals surface area contributed by atoms with Gasteiger partial charge < -0.3 is 9.84 Å². The molecule has 12 heteroatoms. The first-order valence-electron chi connectivity index (χ1n) is 7.52. The van der Waals surface area contributed by atoms with Crippen molar-refractivity contribution in [3.05, 3.63) is 66.7 Å². The molecule has 0 radical (unpaired) electrons. The first-order valence-corrected chi connectivity index (χ1v) is 7.52. The molecule has 12 nitrogen and oxygen atoms in total. The summed E-state index contributed by atoms with van der Waals surface area (Å²) in [7, 11) is 1.55. The molecular weight excluding hydrogens is 358 g/mol. The van der Waals surface area contributed by atoms with Crippen molar-refractivity contribution in [1.82, 2.24) is 25.1 Å². The van der Waals surface area contributed by atoms with Gasteiger partial charge in [0.25, 0.3) is 17.1 Å². The van der Waals surface area contributed by atoms with Crippen molar-refractivity contribution in [1.29, 1.82) is 0 Å². The monoisotopic (exact) mass is 371 g/mol. The lowest BCUT2D eigenvalue weighted by molar-refractivity contribution is 0.414. The van der Waals surface area contributed by atoms with Gasteiger partial charge in [-0.05, 0) is 17.7 Å². The molecule has 3 aromatic rings. The van der Waals surface area contributed by atoms with E-state index in [9.17, 15) is 19.5 Å².